The second kappa shape index (κ2) is 4.88. The normalized spacial score (nSPS) is 32.9. The molecule has 3 atom stereocenters. The summed E-state index contributed by atoms with van der Waals surface area (Å²) in [5.41, 5.74) is 0.440. The maximum Gasteiger partial charge on any atom is 0.273 e. The predicted molar refractivity (Wildman–Crippen MR) is 73.5 cm³/mol. The Balaban J connectivity index is 1.38. The highest BCUT2D eigenvalue weighted by molar-refractivity contribution is 5.92. The number of aromatic nitrogens is 1. The number of nitrogens with zero attached hydrogens (tertiary/aromatic N) is 1. The van der Waals surface area contributed by atoms with Crippen LogP contribution in [0.15, 0.2) is 10.6 Å². The molecule has 20 heavy (non-hydrogen) atoms. The van der Waals surface area contributed by atoms with Gasteiger partial charge >= 0.3 is 0 Å². The number of nitrogens with one attached hydrogen (secondary N) is 2. The van der Waals surface area contributed by atoms with Crippen molar-refractivity contribution < 1.29 is 9.32 Å². The lowest BCUT2D eigenvalue weighted by molar-refractivity contribution is 0.0898. The number of amides is 1. The van der Waals surface area contributed by atoms with Crippen molar-refractivity contribution in [1.82, 2.24) is 15.8 Å². The second-order valence-electron chi connectivity index (χ2n) is 6.52. The standard InChI is InChI=1S/C15H21N3O2/c19-15(13-8-14(20-18-13)9-4-5-9)17-12-6-10-2-1-3-11(7-12)16-10/h8-12,16H,1-7H2,(H,17,19)/t10-,11+,12?. The van der Waals surface area contributed by atoms with Crippen molar-refractivity contribution in [3.05, 3.63) is 17.5 Å². The molecule has 3 heterocycles. The molecule has 0 aromatic carbocycles. The van der Waals surface area contributed by atoms with Crippen molar-refractivity contribution in [2.45, 2.75) is 69.0 Å². The van der Waals surface area contributed by atoms with Crippen LogP contribution in [-0.2, 0) is 0 Å². The Labute approximate surface area is 118 Å². The van der Waals surface area contributed by atoms with E-state index in [1.54, 1.807) is 0 Å². The molecule has 0 spiro atoms. The van der Waals surface area contributed by atoms with Crippen LogP contribution in [0.1, 0.15) is 67.1 Å². The van der Waals surface area contributed by atoms with Gasteiger partial charge in [0.05, 0.1) is 0 Å². The Kier molecular flexibility index (Phi) is 3.02. The summed E-state index contributed by atoms with van der Waals surface area (Å²) in [5.74, 6) is 1.30. The Morgan fingerprint density at radius 1 is 1.25 bits per heavy atom. The van der Waals surface area contributed by atoms with Crippen LogP contribution in [0.25, 0.3) is 0 Å². The molecule has 4 rings (SSSR count). The van der Waals surface area contributed by atoms with Crippen molar-refractivity contribution in [2.24, 2.45) is 0 Å². The van der Waals surface area contributed by atoms with Crippen LogP contribution < -0.4 is 10.6 Å². The first-order chi connectivity index (χ1) is 9.78. The topological polar surface area (TPSA) is 67.2 Å². The third kappa shape index (κ3) is 2.46. The van der Waals surface area contributed by atoms with Crippen molar-refractivity contribution in [2.75, 3.05) is 0 Å². The van der Waals surface area contributed by atoms with E-state index in [4.69, 9.17) is 4.52 Å². The largest absolute Gasteiger partial charge is 0.360 e. The van der Waals surface area contributed by atoms with E-state index < -0.39 is 0 Å². The average Bonchev–Trinajstić information content (AvgIpc) is 3.16. The molecule has 108 valence electrons. The van der Waals surface area contributed by atoms with Gasteiger partial charge in [0.2, 0.25) is 0 Å². The van der Waals surface area contributed by atoms with E-state index in [1.807, 2.05) is 6.07 Å². The van der Waals surface area contributed by atoms with Gasteiger partial charge in [-0.1, -0.05) is 11.6 Å². The molecule has 2 saturated heterocycles. The molecule has 3 fully saturated rings. The highest BCUT2D eigenvalue weighted by Gasteiger charge is 2.33. The molecule has 1 unspecified atom stereocenters. The van der Waals surface area contributed by atoms with E-state index in [2.05, 4.69) is 15.8 Å². The fraction of sp³-hybridized carbons (Fsp3) is 0.733. The van der Waals surface area contributed by atoms with Gasteiger partial charge in [-0.15, -0.1) is 0 Å². The molecular weight excluding hydrogens is 254 g/mol. The number of carbonyl (C=O) groups excluding carboxylic acids is 1. The van der Waals surface area contributed by atoms with Gasteiger partial charge in [0.25, 0.3) is 5.91 Å². The highest BCUT2D eigenvalue weighted by atomic mass is 16.5. The summed E-state index contributed by atoms with van der Waals surface area (Å²) in [7, 11) is 0. The summed E-state index contributed by atoms with van der Waals surface area (Å²) in [6.45, 7) is 0. The van der Waals surface area contributed by atoms with Gasteiger partial charge < -0.3 is 15.2 Å². The van der Waals surface area contributed by atoms with Crippen LogP contribution in [-0.4, -0.2) is 29.2 Å². The van der Waals surface area contributed by atoms with Crippen LogP contribution in [0.5, 0.6) is 0 Å². The van der Waals surface area contributed by atoms with Gasteiger partial charge in [-0.05, 0) is 38.5 Å². The molecule has 3 aliphatic rings. The minimum atomic E-state index is -0.0781. The average molecular weight is 275 g/mol. The number of piperidine rings is 2. The molecule has 5 heteroatoms. The van der Waals surface area contributed by atoms with Gasteiger partial charge in [0, 0.05) is 30.1 Å². The molecule has 1 aliphatic carbocycles. The first kappa shape index (κ1) is 12.4. The van der Waals surface area contributed by atoms with E-state index in [-0.39, 0.29) is 11.9 Å². The smallest absolute Gasteiger partial charge is 0.273 e. The van der Waals surface area contributed by atoms with Gasteiger partial charge in [-0.2, -0.15) is 0 Å². The van der Waals surface area contributed by atoms with Crippen LogP contribution in [0.2, 0.25) is 0 Å². The van der Waals surface area contributed by atoms with E-state index in [0.29, 0.717) is 23.7 Å². The monoisotopic (exact) mass is 275 g/mol. The number of carbonyl (C=O) groups is 1. The van der Waals surface area contributed by atoms with Gasteiger partial charge in [0.15, 0.2) is 5.69 Å². The quantitative estimate of drug-likeness (QED) is 0.885. The summed E-state index contributed by atoms with van der Waals surface area (Å²) in [4.78, 5) is 12.2. The zero-order chi connectivity index (χ0) is 13.5. The maximum absolute atomic E-state index is 12.2. The Morgan fingerprint density at radius 3 is 2.70 bits per heavy atom. The number of hydrogen-bond acceptors (Lipinski definition) is 4. The lowest BCUT2D eigenvalue weighted by Crippen LogP contribution is -2.54. The lowest BCUT2D eigenvalue weighted by atomic mass is 9.84. The summed E-state index contributed by atoms with van der Waals surface area (Å²) in [6, 6.07) is 3.24. The van der Waals surface area contributed by atoms with Crippen LogP contribution in [0, 0.1) is 0 Å². The summed E-state index contributed by atoms with van der Waals surface area (Å²) >= 11 is 0. The van der Waals surface area contributed by atoms with E-state index in [1.165, 1.54) is 19.3 Å². The van der Waals surface area contributed by atoms with Gasteiger partial charge in [-0.3, -0.25) is 4.79 Å². The Morgan fingerprint density at radius 2 is 2.00 bits per heavy atom. The van der Waals surface area contributed by atoms with E-state index in [9.17, 15) is 4.79 Å². The van der Waals surface area contributed by atoms with Crippen molar-refractivity contribution in [3.63, 3.8) is 0 Å². The Bertz CT molecular complexity index is 497. The van der Waals surface area contributed by atoms with Crippen LogP contribution in [0.3, 0.4) is 0 Å². The van der Waals surface area contributed by atoms with E-state index >= 15 is 0 Å². The third-order valence-electron chi connectivity index (χ3n) is 4.79. The molecule has 1 amide bonds. The summed E-state index contributed by atoms with van der Waals surface area (Å²) in [6.07, 6.45) is 8.18. The summed E-state index contributed by atoms with van der Waals surface area (Å²) < 4.78 is 5.25. The Hall–Kier alpha value is -1.36. The van der Waals surface area contributed by atoms with Crippen LogP contribution in [0.4, 0.5) is 0 Å². The minimum absolute atomic E-state index is 0.0781. The van der Waals surface area contributed by atoms with Crippen LogP contribution >= 0.6 is 0 Å². The first-order valence-electron chi connectivity index (χ1n) is 7.81. The molecular formula is C15H21N3O2. The third-order valence-corrected chi connectivity index (χ3v) is 4.79. The van der Waals surface area contributed by atoms with Gasteiger partial charge in [-0.25, -0.2) is 0 Å². The predicted octanol–water partition coefficient (Wildman–Crippen LogP) is 1.95. The zero-order valence-corrected chi connectivity index (χ0v) is 11.6. The molecule has 1 aromatic rings. The number of fused-ring (bicyclic) bond motifs is 2. The molecule has 2 N–H and O–H groups in total. The number of rotatable bonds is 3. The molecule has 2 aliphatic heterocycles. The molecule has 1 saturated carbocycles. The molecule has 2 bridgehead atoms. The van der Waals surface area contributed by atoms with Crippen molar-refractivity contribution in [1.29, 1.82) is 0 Å². The van der Waals surface area contributed by atoms with Crippen molar-refractivity contribution in [3.8, 4) is 0 Å². The zero-order valence-electron chi connectivity index (χ0n) is 11.6. The highest BCUT2D eigenvalue weighted by Crippen LogP contribution is 2.40. The van der Waals surface area contributed by atoms with Gasteiger partial charge in [0.1, 0.15) is 5.76 Å². The summed E-state index contributed by atoms with van der Waals surface area (Å²) in [5, 5.41) is 10.7. The molecule has 1 aromatic heterocycles. The maximum atomic E-state index is 12.2. The first-order valence-corrected chi connectivity index (χ1v) is 7.81. The molecule has 5 nitrogen and oxygen atoms in total. The van der Waals surface area contributed by atoms with E-state index in [0.717, 1.165) is 31.4 Å². The fourth-order valence-corrected chi connectivity index (χ4v) is 3.60. The molecule has 0 radical (unpaired) electrons. The SMILES string of the molecule is O=C(NC1C[C@H]2CCC[C@@H](C1)N2)c1cc(C2CC2)on1. The second-order valence-corrected chi connectivity index (χ2v) is 6.52. The minimum Gasteiger partial charge on any atom is -0.360 e. The number of hydrogen-bond donors (Lipinski definition) is 2. The fourth-order valence-electron chi connectivity index (χ4n) is 3.60. The lowest BCUT2D eigenvalue weighted by Gasteiger charge is -2.40. The van der Waals surface area contributed by atoms with Crippen molar-refractivity contribution >= 4 is 5.91 Å².